The average molecular weight is 396 g/mol. The number of aromatic nitrogens is 3. The first kappa shape index (κ1) is 19.0. The topological polar surface area (TPSA) is 93.5 Å². The van der Waals surface area contributed by atoms with Gasteiger partial charge < -0.3 is 18.9 Å². The van der Waals surface area contributed by atoms with Crippen molar-refractivity contribution in [3.8, 4) is 22.8 Å². The lowest BCUT2D eigenvalue weighted by Gasteiger charge is -2.25. The van der Waals surface area contributed by atoms with Crippen molar-refractivity contribution in [2.45, 2.75) is 32.2 Å². The summed E-state index contributed by atoms with van der Waals surface area (Å²) in [6.45, 7) is 2.57. The smallest absolute Gasteiger partial charge is 0.227 e. The normalized spacial score (nSPS) is 16.2. The Morgan fingerprint density at radius 2 is 2.17 bits per heavy atom. The molecule has 3 heterocycles. The van der Waals surface area contributed by atoms with Gasteiger partial charge in [0.2, 0.25) is 5.91 Å². The van der Waals surface area contributed by atoms with Gasteiger partial charge in [-0.1, -0.05) is 5.16 Å². The summed E-state index contributed by atoms with van der Waals surface area (Å²) in [6.07, 6.45) is 3.76. The van der Waals surface area contributed by atoms with Crippen molar-refractivity contribution in [3.63, 3.8) is 0 Å². The van der Waals surface area contributed by atoms with Crippen LogP contribution in [0.4, 0.5) is 0 Å². The highest BCUT2D eigenvalue weighted by atomic mass is 16.5. The number of aryl methyl sites for hydroxylation is 1. The number of rotatable bonds is 6. The molecule has 3 aromatic rings. The summed E-state index contributed by atoms with van der Waals surface area (Å²) in [6, 6.07) is 7.28. The van der Waals surface area contributed by atoms with E-state index in [1.165, 1.54) is 0 Å². The van der Waals surface area contributed by atoms with Gasteiger partial charge in [0.05, 0.1) is 49.8 Å². The lowest BCUT2D eigenvalue weighted by Crippen LogP contribution is -2.32. The van der Waals surface area contributed by atoms with Crippen molar-refractivity contribution in [2.75, 3.05) is 20.8 Å². The van der Waals surface area contributed by atoms with Gasteiger partial charge in [0.15, 0.2) is 5.76 Å². The third-order valence-corrected chi connectivity index (χ3v) is 5.30. The molecule has 1 amide bonds. The molecule has 0 saturated carbocycles. The Balaban J connectivity index is 1.58. The molecule has 4 rings (SSSR count). The van der Waals surface area contributed by atoms with E-state index < -0.39 is 0 Å². The van der Waals surface area contributed by atoms with Crippen LogP contribution >= 0.6 is 0 Å². The second-order valence-corrected chi connectivity index (χ2v) is 7.13. The molecule has 1 atom stereocenters. The number of methoxy groups -OCH3 is 2. The van der Waals surface area contributed by atoms with Crippen LogP contribution in [0.25, 0.3) is 11.3 Å². The van der Waals surface area contributed by atoms with Gasteiger partial charge in [0.1, 0.15) is 11.5 Å². The summed E-state index contributed by atoms with van der Waals surface area (Å²) >= 11 is 0. The number of aromatic amines is 1. The minimum atomic E-state index is -0.0815. The Morgan fingerprint density at radius 1 is 1.31 bits per heavy atom. The van der Waals surface area contributed by atoms with E-state index >= 15 is 0 Å². The third kappa shape index (κ3) is 3.70. The van der Waals surface area contributed by atoms with Gasteiger partial charge >= 0.3 is 0 Å². The Morgan fingerprint density at radius 3 is 2.90 bits per heavy atom. The number of carbonyl (C=O) groups is 1. The van der Waals surface area contributed by atoms with Crippen molar-refractivity contribution >= 4 is 5.91 Å². The number of nitrogens with one attached hydrogen (secondary N) is 1. The first-order valence-electron chi connectivity index (χ1n) is 9.58. The monoisotopic (exact) mass is 396 g/mol. The molecule has 0 aliphatic carbocycles. The van der Waals surface area contributed by atoms with Gasteiger partial charge in [-0.05, 0) is 38.0 Å². The molecular formula is C21H24N4O4. The molecule has 8 nitrogen and oxygen atoms in total. The Labute approximate surface area is 168 Å². The molecule has 0 radical (unpaired) electrons. The number of hydrogen-bond donors (Lipinski definition) is 1. The molecule has 1 aliphatic rings. The third-order valence-electron chi connectivity index (χ3n) is 5.30. The fourth-order valence-corrected chi connectivity index (χ4v) is 3.89. The van der Waals surface area contributed by atoms with E-state index in [4.69, 9.17) is 14.0 Å². The maximum atomic E-state index is 13.2. The number of ether oxygens (including phenoxy) is 2. The highest BCUT2D eigenvalue weighted by Gasteiger charge is 2.33. The van der Waals surface area contributed by atoms with Crippen LogP contribution in [0.2, 0.25) is 0 Å². The van der Waals surface area contributed by atoms with Gasteiger partial charge in [0.25, 0.3) is 0 Å². The lowest BCUT2D eigenvalue weighted by atomic mass is 10.0. The molecule has 8 heteroatoms. The predicted octanol–water partition coefficient (Wildman–Crippen LogP) is 3.30. The van der Waals surface area contributed by atoms with E-state index in [2.05, 4.69) is 15.4 Å². The van der Waals surface area contributed by atoms with Crippen LogP contribution in [-0.4, -0.2) is 46.9 Å². The standard InChI is InChI=1S/C21H24N4O4/c1-13-9-19(29-24-13)16-12-22-23-21(16)17-5-4-8-25(17)20(26)11-14-10-15(27-2)6-7-18(14)28-3/h6-7,9-10,12,17H,4-5,8,11H2,1-3H3,(H,22,23)/t17-/m1/s1. The number of H-pyrrole nitrogens is 1. The van der Waals surface area contributed by atoms with Gasteiger partial charge in [-0.2, -0.15) is 5.10 Å². The van der Waals surface area contributed by atoms with Crippen LogP contribution < -0.4 is 9.47 Å². The predicted molar refractivity (Wildman–Crippen MR) is 106 cm³/mol. The second-order valence-electron chi connectivity index (χ2n) is 7.13. The summed E-state index contributed by atoms with van der Waals surface area (Å²) in [4.78, 5) is 15.1. The van der Waals surface area contributed by atoms with Gasteiger partial charge in [0, 0.05) is 18.2 Å². The second kappa shape index (κ2) is 7.98. The molecule has 1 aromatic carbocycles. The number of hydrogen-bond acceptors (Lipinski definition) is 6. The van der Waals surface area contributed by atoms with E-state index in [0.717, 1.165) is 35.4 Å². The maximum absolute atomic E-state index is 13.2. The van der Waals surface area contributed by atoms with Crippen molar-refractivity contribution in [1.29, 1.82) is 0 Å². The number of likely N-dealkylation sites (tertiary alicyclic amines) is 1. The molecule has 0 spiro atoms. The first-order chi connectivity index (χ1) is 14.1. The Kier molecular flexibility index (Phi) is 5.24. The summed E-state index contributed by atoms with van der Waals surface area (Å²) in [5.74, 6) is 2.06. The van der Waals surface area contributed by atoms with Crippen molar-refractivity contribution in [2.24, 2.45) is 0 Å². The van der Waals surface area contributed by atoms with E-state index in [-0.39, 0.29) is 18.4 Å². The van der Waals surface area contributed by atoms with Crippen molar-refractivity contribution < 1.29 is 18.8 Å². The van der Waals surface area contributed by atoms with E-state index in [1.54, 1.807) is 20.4 Å². The fraction of sp³-hybridized carbons (Fsp3) is 0.381. The van der Waals surface area contributed by atoms with Crippen LogP contribution in [0, 0.1) is 6.92 Å². The molecule has 0 bridgehead atoms. The van der Waals surface area contributed by atoms with Crippen molar-refractivity contribution in [1.82, 2.24) is 20.3 Å². The summed E-state index contributed by atoms with van der Waals surface area (Å²) in [5, 5.41) is 11.2. The summed E-state index contributed by atoms with van der Waals surface area (Å²) < 4.78 is 16.1. The minimum Gasteiger partial charge on any atom is -0.497 e. The van der Waals surface area contributed by atoms with E-state index in [1.807, 2.05) is 36.1 Å². The Hall–Kier alpha value is -3.29. The molecular weight excluding hydrogens is 372 g/mol. The average Bonchev–Trinajstić information content (AvgIpc) is 3.47. The number of nitrogens with zero attached hydrogens (tertiary/aromatic N) is 3. The van der Waals surface area contributed by atoms with E-state index in [9.17, 15) is 4.79 Å². The number of benzene rings is 1. The molecule has 1 fully saturated rings. The van der Waals surface area contributed by atoms with Gasteiger partial charge in [-0.25, -0.2) is 0 Å². The molecule has 29 heavy (non-hydrogen) atoms. The first-order valence-corrected chi connectivity index (χ1v) is 9.58. The van der Waals surface area contributed by atoms with E-state index in [0.29, 0.717) is 23.8 Å². The van der Waals surface area contributed by atoms with Crippen LogP contribution in [-0.2, 0) is 11.2 Å². The zero-order valence-corrected chi connectivity index (χ0v) is 16.8. The largest absolute Gasteiger partial charge is 0.497 e. The molecule has 1 saturated heterocycles. The highest BCUT2D eigenvalue weighted by Crippen LogP contribution is 2.37. The van der Waals surface area contributed by atoms with Crippen LogP contribution in [0.15, 0.2) is 35.0 Å². The van der Waals surface area contributed by atoms with Gasteiger partial charge in [-0.3, -0.25) is 9.89 Å². The summed E-state index contributed by atoms with van der Waals surface area (Å²) in [5.41, 5.74) is 3.33. The number of carbonyl (C=O) groups excluding carboxylic acids is 1. The molecule has 152 valence electrons. The van der Waals surface area contributed by atoms with Crippen LogP contribution in [0.5, 0.6) is 11.5 Å². The molecule has 0 unspecified atom stereocenters. The summed E-state index contributed by atoms with van der Waals surface area (Å²) in [7, 11) is 3.21. The van der Waals surface area contributed by atoms with Crippen molar-refractivity contribution in [3.05, 3.63) is 47.4 Å². The molecule has 1 aliphatic heterocycles. The number of amides is 1. The minimum absolute atomic E-state index is 0.0355. The molecule has 2 aromatic heterocycles. The van der Waals surface area contributed by atoms with Crippen LogP contribution in [0.3, 0.4) is 0 Å². The maximum Gasteiger partial charge on any atom is 0.227 e. The SMILES string of the molecule is COc1ccc(OC)c(CC(=O)N2CCC[C@@H]2c2[nH]ncc2-c2cc(C)no2)c1. The zero-order chi connectivity index (χ0) is 20.4. The quantitative estimate of drug-likeness (QED) is 0.687. The Bertz CT molecular complexity index is 1010. The zero-order valence-electron chi connectivity index (χ0n) is 16.8. The molecule has 1 N–H and O–H groups in total. The fourth-order valence-electron chi connectivity index (χ4n) is 3.89. The van der Waals surface area contributed by atoms with Crippen LogP contribution in [0.1, 0.15) is 35.8 Å². The highest BCUT2D eigenvalue weighted by molar-refractivity contribution is 5.81. The lowest BCUT2D eigenvalue weighted by molar-refractivity contribution is -0.131. The van der Waals surface area contributed by atoms with Gasteiger partial charge in [-0.15, -0.1) is 0 Å².